The topological polar surface area (TPSA) is 46.2 Å². The number of carbonyl (C=O) groups excluding carboxylic acids is 2. The smallest absolute Gasteiger partial charge is 0.282 e. The van der Waals surface area contributed by atoms with Crippen LogP contribution in [0, 0.1) is 0 Å². The molecule has 0 unspecified atom stereocenters. The maximum absolute atomic E-state index is 11.3. The molecule has 86 valence electrons. The van der Waals surface area contributed by atoms with E-state index in [-0.39, 0.29) is 11.1 Å². The zero-order valence-corrected chi connectivity index (χ0v) is 10.1. The number of imide groups is 1. The number of allylic oxidation sites excluding steroid dienone is 2. The van der Waals surface area contributed by atoms with E-state index in [4.69, 9.17) is 0 Å². The van der Waals surface area contributed by atoms with E-state index in [1.54, 1.807) is 6.08 Å². The summed E-state index contributed by atoms with van der Waals surface area (Å²) in [5.74, 6) is -0.319. The van der Waals surface area contributed by atoms with Crippen molar-refractivity contribution >= 4 is 29.0 Å². The third-order valence-corrected chi connectivity index (χ3v) is 3.01. The second-order valence-corrected chi connectivity index (χ2v) is 4.67. The Morgan fingerprint density at radius 2 is 1.94 bits per heavy atom. The first-order valence-electron chi connectivity index (χ1n) is 5.13. The van der Waals surface area contributed by atoms with Gasteiger partial charge in [-0.1, -0.05) is 36.4 Å². The van der Waals surface area contributed by atoms with Crippen LogP contribution in [0.15, 0.2) is 46.9 Å². The summed E-state index contributed by atoms with van der Waals surface area (Å²) in [6, 6.07) is 9.81. The number of carbonyl (C=O) groups is 2. The fraction of sp³-hybridized carbons (Fsp3) is 0.0769. The molecule has 1 aromatic rings. The molecule has 0 bridgehead atoms. The van der Waals surface area contributed by atoms with Crippen molar-refractivity contribution in [3.63, 3.8) is 0 Å². The first-order valence-corrected chi connectivity index (χ1v) is 5.95. The minimum Gasteiger partial charge on any atom is -0.282 e. The molecule has 0 radical (unpaired) electrons. The van der Waals surface area contributed by atoms with E-state index in [0.717, 1.165) is 22.9 Å². The molecule has 0 aromatic heterocycles. The molecule has 3 nitrogen and oxygen atoms in total. The van der Waals surface area contributed by atoms with Gasteiger partial charge in [0.2, 0.25) is 0 Å². The highest BCUT2D eigenvalue weighted by Gasteiger charge is 2.24. The van der Waals surface area contributed by atoms with Gasteiger partial charge in [0.25, 0.3) is 11.1 Å². The second kappa shape index (κ2) is 5.01. The average Bonchev–Trinajstić information content (AvgIpc) is 2.58. The molecule has 0 aliphatic carbocycles. The van der Waals surface area contributed by atoms with Gasteiger partial charge in [0.15, 0.2) is 0 Å². The zero-order chi connectivity index (χ0) is 12.3. The van der Waals surface area contributed by atoms with E-state index < -0.39 is 0 Å². The van der Waals surface area contributed by atoms with Crippen LogP contribution in [0.25, 0.3) is 6.08 Å². The largest absolute Gasteiger partial charge is 0.290 e. The maximum atomic E-state index is 11.3. The highest BCUT2D eigenvalue weighted by Crippen LogP contribution is 2.24. The minimum absolute atomic E-state index is 0.311. The molecule has 1 heterocycles. The van der Waals surface area contributed by atoms with Gasteiger partial charge in [-0.05, 0) is 35.9 Å². The Labute approximate surface area is 104 Å². The normalized spacial score (nSPS) is 18.6. The van der Waals surface area contributed by atoms with Crippen molar-refractivity contribution in [2.24, 2.45) is 0 Å². The number of nitrogens with one attached hydrogen (secondary N) is 1. The van der Waals surface area contributed by atoms with Gasteiger partial charge in [-0.15, -0.1) is 0 Å². The Balaban J connectivity index is 2.19. The van der Waals surface area contributed by atoms with Crippen molar-refractivity contribution in [1.29, 1.82) is 0 Å². The lowest BCUT2D eigenvalue weighted by Gasteiger charge is -1.96. The van der Waals surface area contributed by atoms with Crippen LogP contribution < -0.4 is 5.32 Å². The van der Waals surface area contributed by atoms with Crippen molar-refractivity contribution < 1.29 is 9.59 Å². The Morgan fingerprint density at radius 1 is 1.24 bits per heavy atom. The molecule has 4 heteroatoms. The Kier molecular flexibility index (Phi) is 3.44. The molecular weight excluding hydrogens is 234 g/mol. The Morgan fingerprint density at radius 3 is 2.53 bits per heavy atom. The van der Waals surface area contributed by atoms with Gasteiger partial charge < -0.3 is 0 Å². The summed E-state index contributed by atoms with van der Waals surface area (Å²) in [5, 5.41) is 1.91. The monoisotopic (exact) mass is 245 g/mol. The molecule has 1 aromatic carbocycles. The lowest BCUT2D eigenvalue weighted by atomic mass is 10.1. The van der Waals surface area contributed by atoms with E-state index in [1.807, 2.05) is 43.3 Å². The number of rotatable bonds is 2. The average molecular weight is 245 g/mol. The summed E-state index contributed by atoms with van der Waals surface area (Å²) in [4.78, 5) is 22.7. The lowest BCUT2D eigenvalue weighted by molar-refractivity contribution is -0.115. The lowest BCUT2D eigenvalue weighted by Crippen LogP contribution is -2.17. The van der Waals surface area contributed by atoms with Crippen LogP contribution in [0.5, 0.6) is 0 Å². The van der Waals surface area contributed by atoms with Crippen LogP contribution in [0.2, 0.25) is 0 Å². The van der Waals surface area contributed by atoms with Crippen molar-refractivity contribution in [3.05, 3.63) is 52.4 Å². The highest BCUT2D eigenvalue weighted by atomic mass is 32.2. The third kappa shape index (κ3) is 3.07. The molecule has 1 aliphatic rings. The standard InChI is InChI=1S/C13H11NO2S/c1-9(7-10-5-3-2-4-6-10)8-11-12(15)14-13(16)17-11/h2-8H,1H3,(H,14,15,16)/b9-7-,11-8+. The summed E-state index contributed by atoms with van der Waals surface area (Å²) >= 11 is 0.933. The molecule has 1 saturated heterocycles. The van der Waals surface area contributed by atoms with Crippen LogP contribution in [0.4, 0.5) is 4.79 Å². The van der Waals surface area contributed by atoms with Crippen molar-refractivity contribution in [2.75, 3.05) is 0 Å². The van der Waals surface area contributed by atoms with E-state index in [2.05, 4.69) is 5.32 Å². The molecule has 0 spiro atoms. The molecule has 0 atom stereocenters. The van der Waals surface area contributed by atoms with Gasteiger partial charge in [0.05, 0.1) is 4.91 Å². The Hall–Kier alpha value is -1.81. The zero-order valence-electron chi connectivity index (χ0n) is 9.27. The number of amides is 2. The van der Waals surface area contributed by atoms with E-state index in [9.17, 15) is 9.59 Å². The second-order valence-electron chi connectivity index (χ2n) is 3.65. The molecule has 2 rings (SSSR count). The first kappa shape index (κ1) is 11.7. The van der Waals surface area contributed by atoms with E-state index >= 15 is 0 Å². The third-order valence-electron chi connectivity index (χ3n) is 2.19. The van der Waals surface area contributed by atoms with Gasteiger partial charge in [0.1, 0.15) is 0 Å². The maximum Gasteiger partial charge on any atom is 0.290 e. The van der Waals surface area contributed by atoms with Crippen LogP contribution >= 0.6 is 11.8 Å². The number of hydrogen-bond donors (Lipinski definition) is 1. The quantitative estimate of drug-likeness (QED) is 0.815. The Bertz CT molecular complexity index is 517. The van der Waals surface area contributed by atoms with Crippen molar-refractivity contribution in [3.8, 4) is 0 Å². The predicted octanol–water partition coefficient (Wildman–Crippen LogP) is 2.96. The molecule has 0 saturated carbocycles. The van der Waals surface area contributed by atoms with Gasteiger partial charge in [-0.25, -0.2) is 0 Å². The van der Waals surface area contributed by atoms with E-state index in [1.165, 1.54) is 0 Å². The summed E-state index contributed by atoms with van der Waals surface area (Å²) in [6.45, 7) is 1.90. The highest BCUT2D eigenvalue weighted by molar-refractivity contribution is 8.18. The summed E-state index contributed by atoms with van der Waals surface area (Å²) in [6.07, 6.45) is 3.68. The van der Waals surface area contributed by atoms with Crippen LogP contribution in [-0.4, -0.2) is 11.1 Å². The van der Waals surface area contributed by atoms with Crippen LogP contribution in [-0.2, 0) is 4.79 Å². The minimum atomic E-state index is -0.319. The fourth-order valence-electron chi connectivity index (χ4n) is 1.48. The molecule has 1 N–H and O–H groups in total. The van der Waals surface area contributed by atoms with E-state index in [0.29, 0.717) is 4.91 Å². The SMILES string of the molecule is CC(=C/c1ccccc1)/C=C1/SC(=O)NC1=O. The number of hydrogen-bond acceptors (Lipinski definition) is 3. The van der Waals surface area contributed by atoms with Crippen molar-refractivity contribution in [1.82, 2.24) is 5.32 Å². The first-order chi connectivity index (χ1) is 8.15. The van der Waals surface area contributed by atoms with Gasteiger partial charge in [0, 0.05) is 0 Å². The molecule has 1 aliphatic heterocycles. The predicted molar refractivity (Wildman–Crippen MR) is 69.3 cm³/mol. The summed E-state index contributed by atoms with van der Waals surface area (Å²) in [7, 11) is 0. The molecular formula is C13H11NO2S. The summed E-state index contributed by atoms with van der Waals surface area (Å²) in [5.41, 5.74) is 2.00. The summed E-state index contributed by atoms with van der Waals surface area (Å²) < 4.78 is 0. The number of thioether (sulfide) groups is 1. The van der Waals surface area contributed by atoms with Crippen molar-refractivity contribution in [2.45, 2.75) is 6.92 Å². The van der Waals surface area contributed by atoms with Gasteiger partial charge in [-0.2, -0.15) is 0 Å². The fourth-order valence-corrected chi connectivity index (χ4v) is 2.21. The van der Waals surface area contributed by atoms with Gasteiger partial charge in [-0.3, -0.25) is 14.9 Å². The van der Waals surface area contributed by atoms with Gasteiger partial charge >= 0.3 is 0 Å². The molecule has 1 fully saturated rings. The van der Waals surface area contributed by atoms with Crippen LogP contribution in [0.1, 0.15) is 12.5 Å². The number of benzene rings is 1. The van der Waals surface area contributed by atoms with Crippen LogP contribution in [0.3, 0.4) is 0 Å². The molecule has 17 heavy (non-hydrogen) atoms. The molecule has 2 amide bonds.